The molecule has 0 saturated carbocycles. The molecule has 1 rings (SSSR count). The average molecular weight is 361 g/mol. The topological polar surface area (TPSA) is 34.2 Å². The van der Waals surface area contributed by atoms with E-state index in [1.165, 1.54) is 58.2 Å². The summed E-state index contributed by atoms with van der Waals surface area (Å²) in [7, 11) is 1.01. The fourth-order valence-corrected chi connectivity index (χ4v) is 5.39. The van der Waals surface area contributed by atoms with Crippen LogP contribution in [0.15, 0.2) is 0 Å². The zero-order valence-corrected chi connectivity index (χ0v) is 17.5. The van der Waals surface area contributed by atoms with Gasteiger partial charge in [-0.05, 0) is 32.9 Å². The number of hydrogen-bond acceptors (Lipinski definition) is 5. The molecule has 0 spiro atoms. The number of nitrogens with zero attached hydrogens (tertiary/aromatic N) is 2. The Balaban J connectivity index is 2.11. The van der Waals surface area contributed by atoms with Crippen LogP contribution in [0.1, 0.15) is 58.8 Å². The van der Waals surface area contributed by atoms with Crippen molar-refractivity contribution in [2.75, 3.05) is 53.7 Å². The lowest BCUT2D eigenvalue weighted by Gasteiger charge is -2.26. The number of unbranched alkanes of at least 4 members (excludes halogenated alkanes) is 5. The molecule has 24 heavy (non-hydrogen) atoms. The predicted octanol–water partition coefficient (Wildman–Crippen LogP) is 3.58. The maximum Gasteiger partial charge on any atom is 0.500 e. The third-order valence-corrected chi connectivity index (χ3v) is 7.84. The van der Waals surface area contributed by atoms with Gasteiger partial charge in [0.25, 0.3) is 0 Å². The predicted molar refractivity (Wildman–Crippen MR) is 102 cm³/mol. The minimum Gasteiger partial charge on any atom is -0.377 e. The minimum absolute atomic E-state index is 0.656. The van der Waals surface area contributed by atoms with Gasteiger partial charge in [0, 0.05) is 40.0 Å². The lowest BCUT2D eigenvalue weighted by Crippen LogP contribution is -2.44. The molecular weight excluding hydrogens is 320 g/mol. The molecule has 0 N–H and O–H groups in total. The Bertz CT molecular complexity index is 304. The van der Waals surface area contributed by atoms with Crippen LogP contribution in [0.5, 0.6) is 0 Å². The Kier molecular flexibility index (Phi) is 12.2. The zero-order chi connectivity index (χ0) is 17.7. The van der Waals surface area contributed by atoms with E-state index in [1.807, 2.05) is 6.92 Å². The number of hydrogen-bond donors (Lipinski definition) is 0. The van der Waals surface area contributed by atoms with Crippen molar-refractivity contribution < 1.29 is 13.3 Å². The molecule has 1 heterocycles. The Morgan fingerprint density at radius 2 is 1.38 bits per heavy atom. The van der Waals surface area contributed by atoms with E-state index in [2.05, 4.69) is 16.7 Å². The summed E-state index contributed by atoms with van der Waals surface area (Å²) < 4.78 is 16.9. The van der Waals surface area contributed by atoms with E-state index in [-0.39, 0.29) is 0 Å². The number of rotatable bonds is 15. The summed E-state index contributed by atoms with van der Waals surface area (Å²) >= 11 is 0. The molecule has 1 aliphatic rings. The highest BCUT2D eigenvalue weighted by Gasteiger charge is 2.38. The fourth-order valence-electron chi connectivity index (χ4n) is 3.40. The molecule has 0 aromatic carbocycles. The van der Waals surface area contributed by atoms with Crippen molar-refractivity contribution in [2.24, 2.45) is 0 Å². The van der Waals surface area contributed by atoms with E-state index >= 15 is 0 Å². The summed E-state index contributed by atoms with van der Waals surface area (Å²) in [6, 6.07) is 0.905. The Labute approximate surface area is 151 Å². The van der Waals surface area contributed by atoms with Crippen molar-refractivity contribution in [3.63, 3.8) is 0 Å². The third-order valence-electron chi connectivity index (χ3n) is 4.90. The molecule has 144 valence electrons. The van der Waals surface area contributed by atoms with Crippen molar-refractivity contribution in [3.8, 4) is 0 Å². The minimum atomic E-state index is -2.41. The molecule has 0 aliphatic carbocycles. The summed E-state index contributed by atoms with van der Waals surface area (Å²) in [4.78, 5) is 5.15. The molecule has 1 aliphatic heterocycles. The van der Waals surface area contributed by atoms with Crippen LogP contribution in [-0.4, -0.2) is 72.3 Å². The van der Waals surface area contributed by atoms with E-state index in [4.69, 9.17) is 13.3 Å². The molecule has 0 aromatic heterocycles. The highest BCUT2D eigenvalue weighted by atomic mass is 28.4. The maximum atomic E-state index is 5.77. The normalized spacial score (nSPS) is 17.0. The van der Waals surface area contributed by atoms with Gasteiger partial charge in [0.2, 0.25) is 0 Å². The molecule has 0 amide bonds. The van der Waals surface area contributed by atoms with Gasteiger partial charge in [-0.25, -0.2) is 0 Å². The third kappa shape index (κ3) is 8.40. The van der Waals surface area contributed by atoms with Crippen LogP contribution in [0.4, 0.5) is 0 Å². The van der Waals surface area contributed by atoms with E-state index in [0.717, 1.165) is 25.7 Å². The van der Waals surface area contributed by atoms with Crippen LogP contribution in [0.2, 0.25) is 6.04 Å². The lowest BCUT2D eigenvalue weighted by atomic mass is 10.1. The Morgan fingerprint density at radius 3 is 1.96 bits per heavy atom. The van der Waals surface area contributed by atoms with Crippen molar-refractivity contribution in [1.29, 1.82) is 0 Å². The molecule has 5 nitrogen and oxygen atoms in total. The summed E-state index contributed by atoms with van der Waals surface area (Å²) in [5, 5.41) is 0. The van der Waals surface area contributed by atoms with Crippen LogP contribution in [-0.2, 0) is 13.3 Å². The fraction of sp³-hybridized carbons (Fsp3) is 1.00. The Morgan fingerprint density at radius 1 is 0.792 bits per heavy atom. The molecule has 0 aromatic rings. The standard InChI is InChI=1S/C18H40N2O3Si/c1-5-7-8-9-10-11-13-19-15-16-20(18-19)14-12-17-24(21-3,22-4)23-6-2/h5-18H2,1-4H3. The molecule has 0 bridgehead atoms. The molecule has 0 atom stereocenters. The largest absolute Gasteiger partial charge is 0.500 e. The second-order valence-corrected chi connectivity index (χ2v) is 9.74. The maximum absolute atomic E-state index is 5.77. The van der Waals surface area contributed by atoms with Gasteiger partial charge < -0.3 is 13.3 Å². The van der Waals surface area contributed by atoms with E-state index in [0.29, 0.717) is 6.61 Å². The molecule has 0 radical (unpaired) electrons. The van der Waals surface area contributed by atoms with Gasteiger partial charge in [0.1, 0.15) is 0 Å². The first kappa shape index (κ1) is 22.1. The summed E-state index contributed by atoms with van der Waals surface area (Å²) in [5.41, 5.74) is 0. The molecule has 1 fully saturated rings. The van der Waals surface area contributed by atoms with Crippen LogP contribution < -0.4 is 0 Å². The van der Waals surface area contributed by atoms with Gasteiger partial charge >= 0.3 is 8.80 Å². The first-order valence-electron chi connectivity index (χ1n) is 9.88. The first-order valence-corrected chi connectivity index (χ1v) is 11.8. The van der Waals surface area contributed by atoms with Crippen molar-refractivity contribution in [3.05, 3.63) is 0 Å². The Hall–Kier alpha value is 0.0169. The van der Waals surface area contributed by atoms with Gasteiger partial charge in [-0.1, -0.05) is 39.0 Å². The van der Waals surface area contributed by atoms with Gasteiger partial charge in [-0.3, -0.25) is 9.80 Å². The molecular formula is C18H40N2O3Si. The van der Waals surface area contributed by atoms with Gasteiger partial charge in [-0.2, -0.15) is 0 Å². The first-order chi connectivity index (χ1) is 11.7. The summed E-state index contributed by atoms with van der Waals surface area (Å²) in [5.74, 6) is 0. The van der Waals surface area contributed by atoms with Crippen LogP contribution in [0.25, 0.3) is 0 Å². The van der Waals surface area contributed by atoms with Crippen LogP contribution in [0, 0.1) is 0 Å². The monoisotopic (exact) mass is 360 g/mol. The van der Waals surface area contributed by atoms with Crippen molar-refractivity contribution in [2.45, 2.75) is 64.8 Å². The van der Waals surface area contributed by atoms with E-state index in [9.17, 15) is 0 Å². The second kappa shape index (κ2) is 13.3. The molecule has 1 saturated heterocycles. The highest BCUT2D eigenvalue weighted by molar-refractivity contribution is 6.60. The smallest absolute Gasteiger partial charge is 0.377 e. The van der Waals surface area contributed by atoms with Gasteiger partial charge in [-0.15, -0.1) is 0 Å². The van der Waals surface area contributed by atoms with Gasteiger partial charge in [0.15, 0.2) is 0 Å². The van der Waals surface area contributed by atoms with Crippen LogP contribution >= 0.6 is 0 Å². The molecule has 6 heteroatoms. The van der Waals surface area contributed by atoms with Crippen LogP contribution in [0.3, 0.4) is 0 Å². The van der Waals surface area contributed by atoms with E-state index < -0.39 is 8.80 Å². The lowest BCUT2D eigenvalue weighted by molar-refractivity contribution is 0.102. The quantitative estimate of drug-likeness (QED) is 0.329. The zero-order valence-electron chi connectivity index (χ0n) is 16.5. The molecule has 0 unspecified atom stereocenters. The summed E-state index contributed by atoms with van der Waals surface area (Å²) in [6.07, 6.45) is 9.37. The SMILES string of the molecule is CCCCCCCCN1CCN(CCC[Si](OC)(OC)OCC)C1. The summed E-state index contributed by atoms with van der Waals surface area (Å²) in [6.45, 7) is 10.8. The van der Waals surface area contributed by atoms with Crippen molar-refractivity contribution >= 4 is 8.80 Å². The highest BCUT2D eigenvalue weighted by Crippen LogP contribution is 2.17. The van der Waals surface area contributed by atoms with E-state index in [1.54, 1.807) is 14.2 Å². The van der Waals surface area contributed by atoms with Crippen molar-refractivity contribution in [1.82, 2.24) is 9.80 Å². The second-order valence-electron chi connectivity index (χ2n) is 6.77. The van der Waals surface area contributed by atoms with Gasteiger partial charge in [0.05, 0.1) is 6.67 Å². The average Bonchev–Trinajstić information content (AvgIpc) is 3.05.